The van der Waals surface area contributed by atoms with E-state index in [1.165, 1.54) is 6.39 Å². The number of anilines is 3. The number of carbonyl (C=O) groups is 1. The van der Waals surface area contributed by atoms with Gasteiger partial charge in [0.1, 0.15) is 0 Å². The van der Waals surface area contributed by atoms with Crippen molar-refractivity contribution in [3.8, 4) is 22.6 Å². The highest BCUT2D eigenvalue weighted by molar-refractivity contribution is 6.33. The van der Waals surface area contributed by atoms with Gasteiger partial charge in [-0.3, -0.25) is 9.69 Å². The van der Waals surface area contributed by atoms with Crippen molar-refractivity contribution in [2.24, 2.45) is 0 Å². The van der Waals surface area contributed by atoms with Crippen LogP contribution in [-0.4, -0.2) is 60.7 Å². The Bertz CT molecular complexity index is 1300. The first-order valence-electron chi connectivity index (χ1n) is 11.2. The minimum atomic E-state index is -0.00120. The third kappa shape index (κ3) is 5.22. The molecular weight excluding hydrogens is 470 g/mol. The summed E-state index contributed by atoms with van der Waals surface area (Å²) in [6, 6.07) is 13.3. The number of carbonyl (C=O) groups excluding carboxylic acids is 1. The van der Waals surface area contributed by atoms with Gasteiger partial charge in [-0.15, -0.1) is 0 Å². The first kappa shape index (κ1) is 23.1. The van der Waals surface area contributed by atoms with Gasteiger partial charge in [0.25, 0.3) is 6.01 Å². The number of aromatic nitrogens is 2. The Labute approximate surface area is 207 Å². The maximum absolute atomic E-state index is 12.9. The molecule has 35 heavy (non-hydrogen) atoms. The largest absolute Gasteiger partial charge is 0.443 e. The lowest BCUT2D eigenvalue weighted by atomic mass is 10.1. The minimum absolute atomic E-state index is 0.00120. The Morgan fingerprint density at radius 2 is 1.94 bits per heavy atom. The Hall–Kier alpha value is -3.66. The van der Waals surface area contributed by atoms with Gasteiger partial charge in [0.15, 0.2) is 17.9 Å². The summed E-state index contributed by atoms with van der Waals surface area (Å²) in [5.74, 6) is 1.13. The Kier molecular flexibility index (Phi) is 6.80. The molecule has 4 aromatic rings. The topological polar surface area (TPSA) is 96.9 Å². The zero-order valence-electron chi connectivity index (χ0n) is 19.1. The molecule has 1 aliphatic heterocycles. The van der Waals surface area contributed by atoms with Gasteiger partial charge in [-0.1, -0.05) is 23.7 Å². The number of likely N-dealkylation sites (N-methyl/N-ethyl adjacent to an activating group) is 1. The smallest absolute Gasteiger partial charge is 0.299 e. The maximum Gasteiger partial charge on any atom is 0.299 e. The van der Waals surface area contributed by atoms with E-state index < -0.39 is 0 Å². The highest BCUT2D eigenvalue weighted by atomic mass is 35.5. The normalized spacial score (nSPS) is 14.1. The number of rotatable bonds is 7. The second-order valence-electron chi connectivity index (χ2n) is 8.07. The van der Waals surface area contributed by atoms with Crippen molar-refractivity contribution >= 4 is 34.9 Å². The number of hydrogen-bond donors (Lipinski definition) is 1. The molecule has 0 unspecified atom stereocenters. The zero-order valence-corrected chi connectivity index (χ0v) is 19.9. The van der Waals surface area contributed by atoms with E-state index in [9.17, 15) is 4.79 Å². The standard InChI is InChI=1S/C25H24ClN5O4/c1-30(24(32)15-31-8-10-33-11-9-31)21-5-3-2-4-19(21)23-14-28-25(35-23)29-17-6-7-18(20(26)12-17)22-13-27-16-34-22/h2-7,12-14,16H,8-11,15H2,1H3,(H,28,29). The highest BCUT2D eigenvalue weighted by Crippen LogP contribution is 2.34. The number of nitrogens with zero attached hydrogens (tertiary/aromatic N) is 4. The lowest BCUT2D eigenvalue weighted by Crippen LogP contribution is -2.43. The number of hydrogen-bond acceptors (Lipinski definition) is 8. The van der Waals surface area contributed by atoms with Crippen LogP contribution in [0.25, 0.3) is 22.6 Å². The van der Waals surface area contributed by atoms with Gasteiger partial charge in [0.2, 0.25) is 5.91 Å². The molecule has 3 heterocycles. The summed E-state index contributed by atoms with van der Waals surface area (Å²) >= 11 is 6.42. The van der Waals surface area contributed by atoms with Gasteiger partial charge >= 0.3 is 0 Å². The molecule has 0 spiro atoms. The van der Waals surface area contributed by atoms with Gasteiger partial charge in [-0.2, -0.15) is 0 Å². The van der Waals surface area contributed by atoms with Crippen molar-refractivity contribution in [3.05, 3.63) is 66.3 Å². The molecule has 0 radical (unpaired) electrons. The van der Waals surface area contributed by atoms with E-state index >= 15 is 0 Å². The summed E-state index contributed by atoms with van der Waals surface area (Å²) in [5.41, 5.74) is 2.96. The van der Waals surface area contributed by atoms with Gasteiger partial charge < -0.3 is 23.8 Å². The molecule has 0 bridgehead atoms. The molecule has 5 rings (SSSR count). The summed E-state index contributed by atoms with van der Waals surface area (Å²) in [6.07, 6.45) is 4.60. The number of benzene rings is 2. The molecule has 10 heteroatoms. The number of amides is 1. The predicted molar refractivity (Wildman–Crippen MR) is 133 cm³/mol. The summed E-state index contributed by atoms with van der Waals surface area (Å²) in [5, 5.41) is 3.63. The minimum Gasteiger partial charge on any atom is -0.443 e. The van der Waals surface area contributed by atoms with Crippen LogP contribution in [0.15, 0.2) is 70.1 Å². The molecule has 0 atom stereocenters. The predicted octanol–water partition coefficient (Wildman–Crippen LogP) is 4.69. The van der Waals surface area contributed by atoms with Gasteiger partial charge in [-0.25, -0.2) is 9.97 Å². The molecule has 1 amide bonds. The van der Waals surface area contributed by atoms with Crippen LogP contribution in [0.1, 0.15) is 0 Å². The van der Waals surface area contributed by atoms with Crippen LogP contribution < -0.4 is 10.2 Å². The number of ether oxygens (including phenoxy) is 1. The lowest BCUT2D eigenvalue weighted by Gasteiger charge is -2.28. The van der Waals surface area contributed by atoms with Crippen LogP contribution in [0.4, 0.5) is 17.4 Å². The molecule has 9 nitrogen and oxygen atoms in total. The van der Waals surface area contributed by atoms with Crippen molar-refractivity contribution in [1.29, 1.82) is 0 Å². The molecule has 2 aromatic heterocycles. The number of nitrogens with one attached hydrogen (secondary N) is 1. The third-order valence-electron chi connectivity index (χ3n) is 5.79. The number of para-hydroxylation sites is 1. The van der Waals surface area contributed by atoms with E-state index in [1.54, 1.807) is 30.4 Å². The van der Waals surface area contributed by atoms with E-state index in [-0.39, 0.29) is 5.91 Å². The quantitative estimate of drug-likeness (QED) is 0.396. The molecule has 0 saturated carbocycles. The SMILES string of the molecule is CN(C(=O)CN1CCOCC1)c1ccccc1-c1cnc(Nc2ccc(-c3cnco3)c(Cl)c2)o1. The average molecular weight is 494 g/mol. The van der Waals surface area contributed by atoms with Crippen molar-refractivity contribution in [2.45, 2.75) is 0 Å². The monoisotopic (exact) mass is 493 g/mol. The molecule has 0 aliphatic carbocycles. The summed E-state index contributed by atoms with van der Waals surface area (Å²) in [7, 11) is 1.77. The third-order valence-corrected chi connectivity index (χ3v) is 6.10. The summed E-state index contributed by atoms with van der Waals surface area (Å²) in [6.45, 7) is 3.14. The van der Waals surface area contributed by atoms with Crippen LogP contribution in [0.5, 0.6) is 0 Å². The van der Waals surface area contributed by atoms with Crippen molar-refractivity contribution < 1.29 is 18.4 Å². The lowest BCUT2D eigenvalue weighted by molar-refractivity contribution is -0.120. The number of oxazole rings is 2. The highest BCUT2D eigenvalue weighted by Gasteiger charge is 2.21. The van der Waals surface area contributed by atoms with E-state index in [0.717, 1.165) is 29.9 Å². The first-order valence-corrected chi connectivity index (χ1v) is 11.5. The summed E-state index contributed by atoms with van der Waals surface area (Å²) < 4.78 is 16.7. The fraction of sp³-hybridized carbons (Fsp3) is 0.240. The van der Waals surface area contributed by atoms with Crippen molar-refractivity contribution in [3.63, 3.8) is 0 Å². The molecule has 1 aliphatic rings. The average Bonchev–Trinajstić information content (AvgIpc) is 3.57. The fourth-order valence-electron chi connectivity index (χ4n) is 3.89. The van der Waals surface area contributed by atoms with Crippen LogP contribution >= 0.6 is 11.6 Å². The molecule has 180 valence electrons. The first-order chi connectivity index (χ1) is 17.1. The van der Waals surface area contributed by atoms with Crippen LogP contribution in [0.2, 0.25) is 5.02 Å². The Morgan fingerprint density at radius 3 is 2.71 bits per heavy atom. The Balaban J connectivity index is 1.32. The molecule has 2 aromatic carbocycles. The molecular formula is C25H24ClN5O4. The Morgan fingerprint density at radius 1 is 1.11 bits per heavy atom. The summed E-state index contributed by atoms with van der Waals surface area (Å²) in [4.78, 5) is 25.0. The van der Waals surface area contributed by atoms with Crippen molar-refractivity contribution in [2.75, 3.05) is 50.1 Å². The molecule has 1 N–H and O–H groups in total. The van der Waals surface area contributed by atoms with E-state index in [4.69, 9.17) is 25.2 Å². The van der Waals surface area contributed by atoms with Crippen LogP contribution in [-0.2, 0) is 9.53 Å². The van der Waals surface area contributed by atoms with Gasteiger partial charge in [0, 0.05) is 37.0 Å². The zero-order chi connectivity index (χ0) is 24.2. The van der Waals surface area contributed by atoms with Crippen LogP contribution in [0.3, 0.4) is 0 Å². The van der Waals surface area contributed by atoms with Crippen molar-refractivity contribution in [1.82, 2.24) is 14.9 Å². The van der Waals surface area contributed by atoms with Gasteiger partial charge in [-0.05, 0) is 30.3 Å². The van der Waals surface area contributed by atoms with E-state index in [0.29, 0.717) is 48.0 Å². The van der Waals surface area contributed by atoms with Crippen LogP contribution in [0, 0.1) is 0 Å². The molecule has 1 fully saturated rings. The second kappa shape index (κ2) is 10.3. The number of morpholine rings is 1. The van der Waals surface area contributed by atoms with Gasteiger partial charge in [0.05, 0.1) is 42.9 Å². The second-order valence-corrected chi connectivity index (χ2v) is 8.48. The van der Waals surface area contributed by atoms with E-state index in [1.807, 2.05) is 36.4 Å². The fourth-order valence-corrected chi connectivity index (χ4v) is 4.16. The van der Waals surface area contributed by atoms with E-state index in [2.05, 4.69) is 20.2 Å². The maximum atomic E-state index is 12.9. The molecule has 1 saturated heterocycles. The number of halogens is 1.